The number of nitrogens with one attached hydrogen (secondary N) is 1. The third kappa shape index (κ3) is 4.82. The molecule has 0 radical (unpaired) electrons. The minimum atomic E-state index is 0.929. The summed E-state index contributed by atoms with van der Waals surface area (Å²) in [6, 6.07) is 8.82. The zero-order chi connectivity index (χ0) is 14.2. The zero-order valence-corrected chi connectivity index (χ0v) is 13.2. The monoisotopic (exact) mass is 274 g/mol. The SMILES string of the molecule is CCN(CCNCC1CCCCC1)c1cccc(C)c1. The first-order valence-corrected chi connectivity index (χ1v) is 8.32. The van der Waals surface area contributed by atoms with Crippen molar-refractivity contribution >= 4 is 5.69 Å². The Morgan fingerprint density at radius 2 is 2.00 bits per heavy atom. The van der Waals surface area contributed by atoms with Gasteiger partial charge in [-0.2, -0.15) is 0 Å². The van der Waals surface area contributed by atoms with E-state index in [1.165, 1.54) is 49.9 Å². The minimum Gasteiger partial charge on any atom is -0.371 e. The van der Waals surface area contributed by atoms with Gasteiger partial charge in [-0.3, -0.25) is 0 Å². The molecule has 1 aromatic carbocycles. The summed E-state index contributed by atoms with van der Waals surface area (Å²) in [7, 11) is 0. The second-order valence-electron chi connectivity index (χ2n) is 6.13. The van der Waals surface area contributed by atoms with Crippen molar-refractivity contribution in [3.05, 3.63) is 29.8 Å². The maximum atomic E-state index is 3.66. The van der Waals surface area contributed by atoms with Crippen molar-refractivity contribution in [1.82, 2.24) is 5.32 Å². The molecule has 0 spiro atoms. The molecule has 1 fully saturated rings. The van der Waals surface area contributed by atoms with Crippen molar-refractivity contribution < 1.29 is 0 Å². The summed E-state index contributed by atoms with van der Waals surface area (Å²) in [4.78, 5) is 2.46. The Kier molecular flexibility index (Phi) is 6.38. The van der Waals surface area contributed by atoms with Crippen LogP contribution in [0.1, 0.15) is 44.6 Å². The van der Waals surface area contributed by atoms with Gasteiger partial charge in [0.25, 0.3) is 0 Å². The van der Waals surface area contributed by atoms with Gasteiger partial charge in [-0.15, -0.1) is 0 Å². The normalized spacial score (nSPS) is 16.3. The lowest BCUT2D eigenvalue weighted by Crippen LogP contribution is -2.34. The summed E-state index contributed by atoms with van der Waals surface area (Å²) >= 11 is 0. The average molecular weight is 274 g/mol. The Morgan fingerprint density at radius 1 is 1.20 bits per heavy atom. The summed E-state index contributed by atoms with van der Waals surface area (Å²) in [6.45, 7) is 8.90. The van der Waals surface area contributed by atoms with Crippen molar-refractivity contribution in [2.45, 2.75) is 46.0 Å². The standard InChI is InChI=1S/C18H30N2/c1-3-20(18-11-7-8-16(2)14-18)13-12-19-15-17-9-5-4-6-10-17/h7-8,11,14,17,19H,3-6,9-10,12-13,15H2,1-2H3. The summed E-state index contributed by atoms with van der Waals surface area (Å²) < 4.78 is 0. The molecule has 1 saturated carbocycles. The van der Waals surface area contributed by atoms with Gasteiger partial charge in [0.05, 0.1) is 0 Å². The number of rotatable bonds is 7. The van der Waals surface area contributed by atoms with Crippen molar-refractivity contribution in [2.24, 2.45) is 5.92 Å². The van der Waals surface area contributed by atoms with Crippen LogP contribution >= 0.6 is 0 Å². The van der Waals surface area contributed by atoms with Crippen LogP contribution in [0.2, 0.25) is 0 Å². The van der Waals surface area contributed by atoms with E-state index in [0.717, 1.165) is 25.6 Å². The number of nitrogens with zero attached hydrogens (tertiary/aromatic N) is 1. The van der Waals surface area contributed by atoms with Crippen molar-refractivity contribution in [2.75, 3.05) is 31.1 Å². The molecule has 0 unspecified atom stereocenters. The van der Waals surface area contributed by atoms with Gasteiger partial charge in [0.2, 0.25) is 0 Å². The lowest BCUT2D eigenvalue weighted by Gasteiger charge is -2.25. The minimum absolute atomic E-state index is 0.929. The molecule has 0 amide bonds. The Hall–Kier alpha value is -1.02. The number of aryl methyl sites for hydroxylation is 1. The highest BCUT2D eigenvalue weighted by Gasteiger charge is 2.12. The smallest absolute Gasteiger partial charge is 0.0369 e. The number of hydrogen-bond acceptors (Lipinski definition) is 2. The van der Waals surface area contributed by atoms with Gasteiger partial charge in [-0.05, 0) is 56.8 Å². The van der Waals surface area contributed by atoms with Gasteiger partial charge >= 0.3 is 0 Å². The van der Waals surface area contributed by atoms with E-state index < -0.39 is 0 Å². The summed E-state index contributed by atoms with van der Waals surface area (Å²) in [5, 5.41) is 3.66. The quantitative estimate of drug-likeness (QED) is 0.756. The van der Waals surface area contributed by atoms with Crippen LogP contribution in [0.4, 0.5) is 5.69 Å². The highest BCUT2D eigenvalue weighted by atomic mass is 15.1. The first kappa shape index (κ1) is 15.4. The van der Waals surface area contributed by atoms with Gasteiger partial charge in [-0.25, -0.2) is 0 Å². The fourth-order valence-corrected chi connectivity index (χ4v) is 3.21. The second-order valence-corrected chi connectivity index (χ2v) is 6.13. The van der Waals surface area contributed by atoms with Gasteiger partial charge in [-0.1, -0.05) is 31.4 Å². The van der Waals surface area contributed by atoms with E-state index in [0.29, 0.717) is 0 Å². The number of benzene rings is 1. The predicted molar refractivity (Wildman–Crippen MR) is 88.5 cm³/mol. The number of anilines is 1. The van der Waals surface area contributed by atoms with Crippen molar-refractivity contribution in [3.63, 3.8) is 0 Å². The van der Waals surface area contributed by atoms with Gasteiger partial charge in [0.1, 0.15) is 0 Å². The Labute approximate surface area is 124 Å². The third-order valence-corrected chi connectivity index (χ3v) is 4.46. The fraction of sp³-hybridized carbons (Fsp3) is 0.667. The van der Waals surface area contributed by atoms with E-state index >= 15 is 0 Å². The van der Waals surface area contributed by atoms with Crippen LogP contribution in [0.15, 0.2) is 24.3 Å². The molecular weight excluding hydrogens is 244 g/mol. The highest BCUT2D eigenvalue weighted by molar-refractivity contribution is 5.48. The van der Waals surface area contributed by atoms with E-state index in [-0.39, 0.29) is 0 Å². The van der Waals surface area contributed by atoms with E-state index in [1.54, 1.807) is 0 Å². The van der Waals surface area contributed by atoms with Gasteiger partial charge in [0, 0.05) is 25.3 Å². The molecule has 0 atom stereocenters. The Bertz CT molecular complexity index is 383. The highest BCUT2D eigenvalue weighted by Crippen LogP contribution is 2.22. The molecule has 0 heterocycles. The average Bonchev–Trinajstić information content (AvgIpc) is 2.48. The molecule has 0 bridgehead atoms. The second kappa shape index (κ2) is 8.31. The molecule has 1 N–H and O–H groups in total. The van der Waals surface area contributed by atoms with Crippen molar-refractivity contribution in [3.8, 4) is 0 Å². The van der Waals surface area contributed by atoms with E-state index in [9.17, 15) is 0 Å². The zero-order valence-electron chi connectivity index (χ0n) is 13.2. The molecule has 0 aromatic heterocycles. The summed E-state index contributed by atoms with van der Waals surface area (Å²) in [5.74, 6) is 0.929. The van der Waals surface area contributed by atoms with E-state index in [1.807, 2.05) is 0 Å². The van der Waals surface area contributed by atoms with Crippen LogP contribution < -0.4 is 10.2 Å². The Balaban J connectivity index is 1.71. The maximum Gasteiger partial charge on any atom is 0.0369 e. The molecule has 0 aliphatic heterocycles. The molecule has 2 nitrogen and oxygen atoms in total. The molecular formula is C18H30N2. The van der Waals surface area contributed by atoms with Crippen LogP contribution in [0.3, 0.4) is 0 Å². The fourth-order valence-electron chi connectivity index (χ4n) is 3.21. The van der Waals surface area contributed by atoms with Crippen LogP contribution in [0.25, 0.3) is 0 Å². The van der Waals surface area contributed by atoms with Crippen molar-refractivity contribution in [1.29, 1.82) is 0 Å². The maximum absolute atomic E-state index is 3.66. The molecule has 20 heavy (non-hydrogen) atoms. The number of likely N-dealkylation sites (N-methyl/N-ethyl adjacent to an activating group) is 1. The largest absolute Gasteiger partial charge is 0.371 e. The molecule has 1 aromatic rings. The first-order chi connectivity index (χ1) is 9.79. The van der Waals surface area contributed by atoms with Crippen LogP contribution in [0.5, 0.6) is 0 Å². The van der Waals surface area contributed by atoms with E-state index in [2.05, 4.69) is 48.3 Å². The topological polar surface area (TPSA) is 15.3 Å². The summed E-state index contributed by atoms with van der Waals surface area (Å²) in [5.41, 5.74) is 2.70. The molecule has 0 saturated heterocycles. The Morgan fingerprint density at radius 3 is 2.70 bits per heavy atom. The summed E-state index contributed by atoms with van der Waals surface area (Å²) in [6.07, 6.45) is 7.20. The molecule has 1 aliphatic rings. The first-order valence-electron chi connectivity index (χ1n) is 8.32. The molecule has 112 valence electrons. The molecule has 2 rings (SSSR count). The lowest BCUT2D eigenvalue weighted by atomic mass is 9.89. The third-order valence-electron chi connectivity index (χ3n) is 4.46. The lowest BCUT2D eigenvalue weighted by molar-refractivity contribution is 0.343. The van der Waals surface area contributed by atoms with Crippen LogP contribution in [-0.2, 0) is 0 Å². The number of hydrogen-bond donors (Lipinski definition) is 1. The van der Waals surface area contributed by atoms with Gasteiger partial charge in [0.15, 0.2) is 0 Å². The van der Waals surface area contributed by atoms with Crippen LogP contribution in [-0.4, -0.2) is 26.2 Å². The van der Waals surface area contributed by atoms with Crippen LogP contribution in [0, 0.1) is 12.8 Å². The molecule has 2 heteroatoms. The predicted octanol–water partition coefficient (Wildman–Crippen LogP) is 3.99. The van der Waals surface area contributed by atoms with Gasteiger partial charge < -0.3 is 10.2 Å². The van der Waals surface area contributed by atoms with E-state index in [4.69, 9.17) is 0 Å². The molecule has 1 aliphatic carbocycles.